The quantitative estimate of drug-likeness (QED) is 0.452. The molecule has 0 aliphatic heterocycles. The molecule has 1 heterocycles. The van der Waals surface area contributed by atoms with Gasteiger partial charge >= 0.3 is 29.6 Å². The molecule has 0 bridgehead atoms. The third kappa shape index (κ3) is 2.33. The number of hydrogen-bond donors (Lipinski definition) is 1. The van der Waals surface area contributed by atoms with Crippen LogP contribution in [0.25, 0.3) is 11.0 Å². The molecule has 0 atom stereocenters. The van der Waals surface area contributed by atoms with Crippen LogP contribution in [-0.4, -0.2) is 5.91 Å². The van der Waals surface area contributed by atoms with Crippen molar-refractivity contribution in [2.75, 3.05) is 0 Å². The number of rotatable bonds is 1. The van der Waals surface area contributed by atoms with Gasteiger partial charge in [0.2, 0.25) is 0 Å². The molecule has 0 saturated heterocycles. The number of hydroxylamine groups is 1. The average Bonchev–Trinajstić information content (AvgIpc) is 2.28. The summed E-state index contributed by atoms with van der Waals surface area (Å²) in [7, 11) is 0. The molecule has 0 fully saturated rings. The van der Waals surface area contributed by atoms with Gasteiger partial charge in [0.05, 0.1) is 5.39 Å². The van der Waals surface area contributed by atoms with Crippen molar-refractivity contribution in [2.45, 2.75) is 0 Å². The van der Waals surface area contributed by atoms with Crippen LogP contribution in [0.4, 0.5) is 0 Å². The molecular weight excluding hydrogens is 221 g/mol. The molecule has 5 nitrogen and oxygen atoms in total. The fraction of sp³-hybridized carbons (Fsp3) is 0. The topological polar surface area (TPSA) is 82.4 Å². The molecule has 0 aliphatic rings. The molecule has 0 aliphatic carbocycles. The molecule has 1 aromatic carbocycles. The van der Waals surface area contributed by atoms with Crippen LogP contribution in [0.3, 0.4) is 0 Å². The SMILES string of the molecule is O=C(N[O-])c1cc(=O)c2ccccc2o1.[Na+]. The molecule has 1 aromatic heterocycles. The summed E-state index contributed by atoms with van der Waals surface area (Å²) in [6.45, 7) is 0. The zero-order chi connectivity index (χ0) is 10.8. The second kappa shape index (κ2) is 5.27. The van der Waals surface area contributed by atoms with E-state index in [1.54, 1.807) is 24.3 Å². The van der Waals surface area contributed by atoms with Crippen LogP contribution in [0.5, 0.6) is 0 Å². The molecule has 76 valence electrons. The summed E-state index contributed by atoms with van der Waals surface area (Å²) in [5.74, 6) is -1.24. The van der Waals surface area contributed by atoms with E-state index in [4.69, 9.17) is 4.42 Å². The maximum Gasteiger partial charge on any atom is 1.00 e. The average molecular weight is 227 g/mol. The number of para-hydroxylation sites is 1. The van der Waals surface area contributed by atoms with Gasteiger partial charge in [-0.15, -0.1) is 0 Å². The number of benzene rings is 1. The summed E-state index contributed by atoms with van der Waals surface area (Å²) in [6.07, 6.45) is 0. The first kappa shape index (κ1) is 12.9. The number of nitrogens with one attached hydrogen (secondary N) is 1. The summed E-state index contributed by atoms with van der Waals surface area (Å²) < 4.78 is 5.08. The van der Waals surface area contributed by atoms with Crippen molar-refractivity contribution in [3.05, 3.63) is 51.5 Å². The molecule has 2 aromatic rings. The van der Waals surface area contributed by atoms with Crippen LogP contribution in [0.15, 0.2) is 39.5 Å². The molecular formula is C10H6NNaO4. The molecule has 6 heteroatoms. The van der Waals surface area contributed by atoms with Crippen molar-refractivity contribution in [3.8, 4) is 0 Å². The maximum atomic E-state index is 11.5. The molecule has 1 amide bonds. The third-order valence-corrected chi connectivity index (χ3v) is 1.95. The monoisotopic (exact) mass is 227 g/mol. The molecule has 0 radical (unpaired) electrons. The normalized spacial score (nSPS) is 9.56. The van der Waals surface area contributed by atoms with Crippen molar-refractivity contribution in [1.82, 2.24) is 5.48 Å². The summed E-state index contributed by atoms with van der Waals surface area (Å²) in [6, 6.07) is 7.49. The largest absolute Gasteiger partial charge is 1.00 e. The van der Waals surface area contributed by atoms with Crippen LogP contribution in [0.1, 0.15) is 10.6 Å². The van der Waals surface area contributed by atoms with Crippen LogP contribution in [0.2, 0.25) is 0 Å². The third-order valence-electron chi connectivity index (χ3n) is 1.95. The summed E-state index contributed by atoms with van der Waals surface area (Å²) in [5.41, 5.74) is 1.08. The van der Waals surface area contributed by atoms with E-state index in [1.807, 2.05) is 0 Å². The molecule has 1 N–H and O–H groups in total. The standard InChI is InChI=1S/C10H6NO4.Na/c12-7-5-9(10(13)11-14)15-8-4-2-1-3-6(7)8;/h1-5H,(H-,11,12,13,14);/q-1;+1. The fourth-order valence-electron chi connectivity index (χ4n) is 1.27. The van der Waals surface area contributed by atoms with E-state index in [0.717, 1.165) is 11.5 Å². The van der Waals surface area contributed by atoms with Gasteiger partial charge in [0.1, 0.15) is 5.58 Å². The predicted octanol–water partition coefficient (Wildman–Crippen LogP) is -1.98. The second-order valence-electron chi connectivity index (χ2n) is 2.90. The summed E-state index contributed by atoms with van der Waals surface area (Å²) in [5, 5.41) is 10.5. The van der Waals surface area contributed by atoms with Gasteiger partial charge in [-0.3, -0.25) is 9.59 Å². The van der Waals surface area contributed by atoms with Crippen LogP contribution < -0.4 is 40.5 Å². The van der Waals surface area contributed by atoms with E-state index in [-0.39, 0.29) is 46.3 Å². The Morgan fingerprint density at radius 2 is 2.00 bits per heavy atom. The Labute approximate surface area is 112 Å². The van der Waals surface area contributed by atoms with Crippen LogP contribution in [-0.2, 0) is 0 Å². The zero-order valence-electron chi connectivity index (χ0n) is 8.52. The second-order valence-corrected chi connectivity index (χ2v) is 2.90. The van der Waals surface area contributed by atoms with Crippen molar-refractivity contribution in [3.63, 3.8) is 0 Å². The smallest absolute Gasteiger partial charge is 0.759 e. The zero-order valence-corrected chi connectivity index (χ0v) is 10.5. The van der Waals surface area contributed by atoms with Crippen LogP contribution >= 0.6 is 0 Å². The van der Waals surface area contributed by atoms with E-state index in [2.05, 4.69) is 0 Å². The number of fused-ring (bicyclic) bond motifs is 1. The minimum Gasteiger partial charge on any atom is -0.759 e. The Balaban J connectivity index is 0.00000128. The number of amides is 1. The Morgan fingerprint density at radius 1 is 1.31 bits per heavy atom. The van der Waals surface area contributed by atoms with Crippen molar-refractivity contribution in [2.24, 2.45) is 0 Å². The van der Waals surface area contributed by atoms with Gasteiger partial charge in [0, 0.05) is 6.07 Å². The first-order valence-corrected chi connectivity index (χ1v) is 4.18. The molecule has 16 heavy (non-hydrogen) atoms. The van der Waals surface area contributed by atoms with Crippen molar-refractivity contribution < 1.29 is 38.8 Å². The Morgan fingerprint density at radius 3 is 2.69 bits per heavy atom. The van der Waals surface area contributed by atoms with E-state index >= 15 is 0 Å². The van der Waals surface area contributed by atoms with Gasteiger partial charge in [-0.1, -0.05) is 12.1 Å². The Kier molecular flexibility index (Phi) is 4.26. The summed E-state index contributed by atoms with van der Waals surface area (Å²) in [4.78, 5) is 22.4. The van der Waals surface area contributed by atoms with Crippen LogP contribution in [0, 0.1) is 5.21 Å². The van der Waals surface area contributed by atoms with Gasteiger partial charge in [0.15, 0.2) is 11.2 Å². The Hall–Kier alpha value is -1.14. The molecule has 0 saturated carbocycles. The van der Waals surface area contributed by atoms with Gasteiger partial charge in [-0.2, -0.15) is 0 Å². The first-order chi connectivity index (χ1) is 7.22. The maximum absolute atomic E-state index is 11.5. The van der Waals surface area contributed by atoms with Gasteiger partial charge in [-0.05, 0) is 12.1 Å². The van der Waals surface area contributed by atoms with Crippen molar-refractivity contribution >= 4 is 16.9 Å². The summed E-state index contributed by atoms with van der Waals surface area (Å²) >= 11 is 0. The minimum absolute atomic E-state index is 0. The van der Waals surface area contributed by atoms with E-state index in [9.17, 15) is 14.8 Å². The number of hydrogen-bond acceptors (Lipinski definition) is 4. The van der Waals surface area contributed by atoms with Crippen molar-refractivity contribution in [1.29, 1.82) is 0 Å². The van der Waals surface area contributed by atoms with E-state index in [1.165, 1.54) is 0 Å². The molecule has 2 rings (SSSR count). The van der Waals surface area contributed by atoms with Gasteiger partial charge in [0.25, 0.3) is 5.91 Å². The van der Waals surface area contributed by atoms with Gasteiger partial charge < -0.3 is 15.1 Å². The number of carbonyl (C=O) groups is 1. The Bertz CT molecular complexity index is 578. The first-order valence-electron chi connectivity index (χ1n) is 4.18. The van der Waals surface area contributed by atoms with E-state index in [0.29, 0.717) is 5.39 Å². The van der Waals surface area contributed by atoms with E-state index < -0.39 is 5.91 Å². The predicted molar refractivity (Wildman–Crippen MR) is 53.3 cm³/mol. The number of carbonyl (C=O) groups excluding carboxylic acids is 1. The van der Waals surface area contributed by atoms with Gasteiger partial charge in [-0.25, -0.2) is 0 Å². The molecule has 0 spiro atoms. The molecule has 0 unspecified atom stereocenters. The minimum atomic E-state index is -0.960. The fourth-order valence-corrected chi connectivity index (χ4v) is 1.27.